The van der Waals surface area contributed by atoms with Gasteiger partial charge in [0.1, 0.15) is 0 Å². The van der Waals surface area contributed by atoms with Crippen LogP contribution < -0.4 is 11.1 Å². The van der Waals surface area contributed by atoms with Gasteiger partial charge in [0.15, 0.2) is 5.78 Å². The first-order chi connectivity index (χ1) is 8.24. The second-order valence-corrected chi connectivity index (χ2v) is 3.78. The first-order valence-corrected chi connectivity index (χ1v) is 5.91. The van der Waals surface area contributed by atoms with E-state index in [1.54, 1.807) is 24.3 Å². The topological polar surface area (TPSA) is 64.3 Å². The van der Waals surface area contributed by atoms with Crippen molar-refractivity contribution in [3.05, 3.63) is 29.8 Å². The van der Waals surface area contributed by atoms with Crippen molar-refractivity contribution in [3.8, 4) is 0 Å². The Bertz CT molecular complexity index is 353. The van der Waals surface area contributed by atoms with Gasteiger partial charge in [-0.25, -0.2) is 0 Å². The molecule has 0 aromatic heterocycles. The summed E-state index contributed by atoms with van der Waals surface area (Å²) in [4.78, 5) is 11.7. The van der Waals surface area contributed by atoms with E-state index < -0.39 is 0 Å². The van der Waals surface area contributed by atoms with Gasteiger partial charge in [0.25, 0.3) is 0 Å². The first kappa shape index (κ1) is 13.7. The van der Waals surface area contributed by atoms with Crippen LogP contribution in [0.1, 0.15) is 23.7 Å². The lowest BCUT2D eigenvalue weighted by Crippen LogP contribution is -2.24. The Kier molecular flexibility index (Phi) is 6.29. The second-order valence-electron chi connectivity index (χ2n) is 3.78. The average molecular weight is 236 g/mol. The number of hydrogen-bond donors (Lipinski definition) is 2. The van der Waals surface area contributed by atoms with E-state index >= 15 is 0 Å². The van der Waals surface area contributed by atoms with Gasteiger partial charge >= 0.3 is 0 Å². The summed E-state index contributed by atoms with van der Waals surface area (Å²) >= 11 is 0. The zero-order valence-corrected chi connectivity index (χ0v) is 10.2. The first-order valence-electron chi connectivity index (χ1n) is 5.91. The van der Waals surface area contributed by atoms with Crippen molar-refractivity contribution in [1.82, 2.24) is 5.32 Å². The fraction of sp³-hybridized carbons (Fsp3) is 0.462. The van der Waals surface area contributed by atoms with Gasteiger partial charge < -0.3 is 15.8 Å². The van der Waals surface area contributed by atoms with Gasteiger partial charge in [0.05, 0.1) is 6.54 Å². The number of ether oxygens (including phenoxy) is 1. The Morgan fingerprint density at radius 1 is 1.47 bits per heavy atom. The Balaban J connectivity index is 2.21. The molecule has 0 heterocycles. The minimum Gasteiger partial charge on any atom is -0.399 e. The van der Waals surface area contributed by atoms with Crippen LogP contribution in [0.25, 0.3) is 0 Å². The van der Waals surface area contributed by atoms with Crippen LogP contribution in [0.3, 0.4) is 0 Å². The van der Waals surface area contributed by atoms with Crippen LogP contribution in [0.2, 0.25) is 0 Å². The standard InChI is InChI=1S/C13H20N2O2/c1-2-17-8-4-7-15-10-13(16)11-5-3-6-12(14)9-11/h3,5-6,9,15H,2,4,7-8,10,14H2,1H3. The Hall–Kier alpha value is -1.39. The molecule has 0 bridgehead atoms. The molecule has 4 nitrogen and oxygen atoms in total. The number of ketones is 1. The lowest BCUT2D eigenvalue weighted by Gasteiger charge is -2.05. The van der Waals surface area contributed by atoms with Crippen molar-refractivity contribution < 1.29 is 9.53 Å². The quantitative estimate of drug-likeness (QED) is 0.407. The zero-order chi connectivity index (χ0) is 12.5. The number of carbonyl (C=O) groups is 1. The number of hydrogen-bond acceptors (Lipinski definition) is 4. The van der Waals surface area contributed by atoms with Crippen LogP contribution in [0.4, 0.5) is 5.69 Å². The minimum atomic E-state index is 0.0636. The lowest BCUT2D eigenvalue weighted by atomic mass is 10.1. The summed E-state index contributed by atoms with van der Waals surface area (Å²) < 4.78 is 5.20. The Labute approximate surface area is 102 Å². The molecule has 17 heavy (non-hydrogen) atoms. The molecule has 0 spiro atoms. The summed E-state index contributed by atoms with van der Waals surface area (Å²) in [5.41, 5.74) is 6.89. The number of carbonyl (C=O) groups excluding carboxylic acids is 1. The molecule has 0 aliphatic heterocycles. The Morgan fingerprint density at radius 2 is 2.29 bits per heavy atom. The lowest BCUT2D eigenvalue weighted by molar-refractivity contribution is 0.0988. The van der Waals surface area contributed by atoms with E-state index in [0.717, 1.165) is 26.2 Å². The highest BCUT2D eigenvalue weighted by molar-refractivity contribution is 5.98. The molecule has 0 aliphatic carbocycles. The third-order valence-electron chi connectivity index (χ3n) is 2.34. The van der Waals surface area contributed by atoms with Crippen LogP contribution in [0.5, 0.6) is 0 Å². The molecular formula is C13H20N2O2. The molecule has 0 radical (unpaired) electrons. The third-order valence-corrected chi connectivity index (χ3v) is 2.34. The summed E-state index contributed by atoms with van der Waals surface area (Å²) in [5.74, 6) is 0.0636. The SMILES string of the molecule is CCOCCCNCC(=O)c1cccc(N)c1. The average Bonchev–Trinajstić information content (AvgIpc) is 2.33. The maximum atomic E-state index is 11.7. The number of nitrogens with one attached hydrogen (secondary N) is 1. The van der Waals surface area contributed by atoms with Crippen molar-refractivity contribution in [2.75, 3.05) is 32.0 Å². The van der Waals surface area contributed by atoms with E-state index in [1.165, 1.54) is 0 Å². The number of benzene rings is 1. The molecule has 0 aliphatic rings. The molecule has 94 valence electrons. The molecule has 1 rings (SSSR count). The van der Waals surface area contributed by atoms with Gasteiger partial charge in [-0.1, -0.05) is 12.1 Å². The zero-order valence-electron chi connectivity index (χ0n) is 10.2. The van der Waals surface area contributed by atoms with E-state index in [0.29, 0.717) is 17.8 Å². The third kappa shape index (κ3) is 5.47. The molecule has 1 aromatic carbocycles. The van der Waals surface area contributed by atoms with E-state index in [9.17, 15) is 4.79 Å². The van der Waals surface area contributed by atoms with Gasteiger partial charge in [0, 0.05) is 24.5 Å². The van der Waals surface area contributed by atoms with E-state index in [-0.39, 0.29) is 5.78 Å². The van der Waals surface area contributed by atoms with Gasteiger partial charge in [0.2, 0.25) is 0 Å². The van der Waals surface area contributed by atoms with Crippen LogP contribution in [0.15, 0.2) is 24.3 Å². The predicted octanol–water partition coefficient (Wildman–Crippen LogP) is 1.47. The molecule has 4 heteroatoms. The normalized spacial score (nSPS) is 10.4. The molecule has 0 atom stereocenters. The molecule has 0 fully saturated rings. The largest absolute Gasteiger partial charge is 0.399 e. The number of nitrogen functional groups attached to an aromatic ring is 1. The van der Waals surface area contributed by atoms with Crippen molar-refractivity contribution in [2.24, 2.45) is 0 Å². The highest BCUT2D eigenvalue weighted by Gasteiger charge is 2.04. The van der Waals surface area contributed by atoms with Gasteiger partial charge in [-0.2, -0.15) is 0 Å². The smallest absolute Gasteiger partial charge is 0.176 e. The highest BCUT2D eigenvalue weighted by atomic mass is 16.5. The maximum absolute atomic E-state index is 11.7. The van der Waals surface area contributed by atoms with E-state index in [2.05, 4.69) is 5.32 Å². The van der Waals surface area contributed by atoms with E-state index in [1.807, 2.05) is 6.92 Å². The van der Waals surface area contributed by atoms with Crippen LogP contribution >= 0.6 is 0 Å². The number of rotatable bonds is 8. The van der Waals surface area contributed by atoms with Crippen molar-refractivity contribution in [2.45, 2.75) is 13.3 Å². The Morgan fingerprint density at radius 3 is 3.00 bits per heavy atom. The molecule has 1 aromatic rings. The van der Waals surface area contributed by atoms with Crippen molar-refractivity contribution in [3.63, 3.8) is 0 Å². The highest BCUT2D eigenvalue weighted by Crippen LogP contribution is 2.06. The fourth-order valence-electron chi connectivity index (χ4n) is 1.46. The van der Waals surface area contributed by atoms with Gasteiger partial charge in [-0.3, -0.25) is 4.79 Å². The summed E-state index contributed by atoms with van der Waals surface area (Å²) in [7, 11) is 0. The van der Waals surface area contributed by atoms with Crippen LogP contribution in [0, 0.1) is 0 Å². The fourth-order valence-corrected chi connectivity index (χ4v) is 1.46. The molecule has 0 amide bonds. The summed E-state index contributed by atoms with van der Waals surface area (Å²) in [6.07, 6.45) is 0.915. The van der Waals surface area contributed by atoms with Crippen molar-refractivity contribution in [1.29, 1.82) is 0 Å². The number of Topliss-reactive ketones (excluding diaryl/α,β-unsaturated/α-hetero) is 1. The van der Waals surface area contributed by atoms with Gasteiger partial charge in [-0.15, -0.1) is 0 Å². The predicted molar refractivity (Wildman–Crippen MR) is 69.2 cm³/mol. The molecule has 0 saturated heterocycles. The minimum absolute atomic E-state index is 0.0636. The van der Waals surface area contributed by atoms with Crippen molar-refractivity contribution >= 4 is 11.5 Å². The monoisotopic (exact) mass is 236 g/mol. The molecule has 3 N–H and O–H groups in total. The summed E-state index contributed by atoms with van der Waals surface area (Å²) in [6.45, 7) is 4.57. The molecular weight excluding hydrogens is 216 g/mol. The van der Waals surface area contributed by atoms with E-state index in [4.69, 9.17) is 10.5 Å². The molecule has 0 unspecified atom stereocenters. The molecule has 0 saturated carbocycles. The van der Waals surface area contributed by atoms with Crippen LogP contribution in [-0.2, 0) is 4.74 Å². The number of nitrogens with two attached hydrogens (primary N) is 1. The number of anilines is 1. The summed E-state index contributed by atoms with van der Waals surface area (Å²) in [6, 6.07) is 7.04. The summed E-state index contributed by atoms with van der Waals surface area (Å²) in [5, 5.41) is 3.09. The van der Waals surface area contributed by atoms with Crippen LogP contribution in [-0.4, -0.2) is 32.1 Å². The van der Waals surface area contributed by atoms with Gasteiger partial charge in [-0.05, 0) is 32.0 Å². The second kappa shape index (κ2) is 7.81. The maximum Gasteiger partial charge on any atom is 0.176 e.